The number of aliphatic hydroxyl groups is 2. The topological polar surface area (TPSA) is 74.6 Å². The van der Waals surface area contributed by atoms with Crippen molar-refractivity contribution in [1.82, 2.24) is 0 Å². The molecule has 4 atom stereocenters. The molecular formula is C11H18O4S2. The third-order valence-corrected chi connectivity index (χ3v) is 7.65. The minimum Gasteiger partial charge on any atom is -0.386 e. The van der Waals surface area contributed by atoms with E-state index in [4.69, 9.17) is 0 Å². The van der Waals surface area contributed by atoms with Crippen LogP contribution in [-0.4, -0.2) is 46.4 Å². The van der Waals surface area contributed by atoms with Gasteiger partial charge in [0.15, 0.2) is 4.08 Å². The second kappa shape index (κ2) is 6.04. The van der Waals surface area contributed by atoms with Gasteiger partial charge in [-0.3, -0.25) is 8.42 Å². The summed E-state index contributed by atoms with van der Waals surface area (Å²) in [4.78, 5) is 0. The Bertz CT molecular complexity index is 340. The Balaban J connectivity index is 3.26. The molecule has 0 aromatic rings. The number of hydrogen-bond donors (Lipinski definition) is 2. The summed E-state index contributed by atoms with van der Waals surface area (Å²) in [5.41, 5.74) is 0. The summed E-state index contributed by atoms with van der Waals surface area (Å²) in [6.45, 7) is 3.42. The molecule has 98 valence electrons. The van der Waals surface area contributed by atoms with Crippen molar-refractivity contribution in [3.63, 3.8) is 0 Å². The molecule has 0 amide bonds. The molecule has 0 aliphatic carbocycles. The zero-order valence-corrected chi connectivity index (χ0v) is 11.5. The van der Waals surface area contributed by atoms with E-state index in [1.54, 1.807) is 26.0 Å². The van der Waals surface area contributed by atoms with Gasteiger partial charge in [-0.1, -0.05) is 24.3 Å². The van der Waals surface area contributed by atoms with Crippen molar-refractivity contribution in [3.8, 4) is 0 Å². The van der Waals surface area contributed by atoms with Crippen LogP contribution in [0.15, 0.2) is 24.3 Å². The van der Waals surface area contributed by atoms with E-state index in [1.807, 2.05) is 0 Å². The molecule has 2 N–H and O–H groups in total. The van der Waals surface area contributed by atoms with Gasteiger partial charge >= 0.3 is 0 Å². The average molecular weight is 278 g/mol. The number of aliphatic hydroxyl groups excluding tert-OH is 2. The standard InChI is InChI=1S/C11H18O4S2/c1-3-5-9(12)11(10(13)6-4-2)16(14)7-8-17(11)15/h3-6,9-10,12-13H,7-8H2,1-2H3/b5-3+,6-4+/t9-,10?,16+,17+/m1/s1. The fourth-order valence-electron chi connectivity index (χ4n) is 1.92. The van der Waals surface area contributed by atoms with Gasteiger partial charge in [-0.25, -0.2) is 0 Å². The van der Waals surface area contributed by atoms with Crippen molar-refractivity contribution in [2.45, 2.75) is 30.1 Å². The van der Waals surface area contributed by atoms with Crippen LogP contribution in [0.5, 0.6) is 0 Å². The van der Waals surface area contributed by atoms with E-state index in [9.17, 15) is 18.6 Å². The molecule has 1 rings (SSSR count). The fraction of sp³-hybridized carbons (Fsp3) is 0.636. The van der Waals surface area contributed by atoms with Crippen molar-refractivity contribution >= 4 is 21.6 Å². The van der Waals surface area contributed by atoms with Crippen LogP contribution in [0.4, 0.5) is 0 Å². The molecule has 4 nitrogen and oxygen atoms in total. The van der Waals surface area contributed by atoms with Crippen LogP contribution in [-0.2, 0) is 21.6 Å². The van der Waals surface area contributed by atoms with Crippen molar-refractivity contribution in [2.75, 3.05) is 11.5 Å². The molecule has 1 aliphatic heterocycles. The summed E-state index contributed by atoms with van der Waals surface area (Å²) < 4.78 is 22.7. The summed E-state index contributed by atoms with van der Waals surface area (Å²) >= 11 is 0. The lowest BCUT2D eigenvalue weighted by Gasteiger charge is -2.33. The third-order valence-electron chi connectivity index (χ3n) is 2.74. The molecule has 0 saturated carbocycles. The van der Waals surface area contributed by atoms with Crippen molar-refractivity contribution in [1.29, 1.82) is 0 Å². The Labute approximate surface area is 106 Å². The van der Waals surface area contributed by atoms with E-state index in [0.29, 0.717) is 0 Å². The molecular weight excluding hydrogens is 260 g/mol. The van der Waals surface area contributed by atoms with Crippen LogP contribution in [0.25, 0.3) is 0 Å². The first-order valence-corrected chi connectivity index (χ1v) is 8.04. The molecule has 1 fully saturated rings. The Morgan fingerprint density at radius 1 is 1.00 bits per heavy atom. The highest BCUT2D eigenvalue weighted by Crippen LogP contribution is 2.35. The van der Waals surface area contributed by atoms with Crippen LogP contribution < -0.4 is 0 Å². The highest BCUT2D eigenvalue weighted by atomic mass is 32.3. The van der Waals surface area contributed by atoms with E-state index in [1.165, 1.54) is 12.2 Å². The van der Waals surface area contributed by atoms with Crippen LogP contribution in [0, 0.1) is 0 Å². The smallest absolute Gasteiger partial charge is 0.179 e. The summed E-state index contributed by atoms with van der Waals surface area (Å²) in [6, 6.07) is 0. The largest absolute Gasteiger partial charge is 0.386 e. The summed E-state index contributed by atoms with van der Waals surface area (Å²) in [5, 5.41) is 20.1. The zero-order valence-electron chi connectivity index (χ0n) is 9.91. The van der Waals surface area contributed by atoms with Crippen LogP contribution in [0.2, 0.25) is 0 Å². The molecule has 0 spiro atoms. The summed E-state index contributed by atoms with van der Waals surface area (Å²) in [5.74, 6) is 0.492. The molecule has 17 heavy (non-hydrogen) atoms. The molecule has 1 heterocycles. The van der Waals surface area contributed by atoms with Crippen molar-refractivity contribution in [2.24, 2.45) is 0 Å². The van der Waals surface area contributed by atoms with E-state index < -0.39 is 37.9 Å². The number of allylic oxidation sites excluding steroid dienone is 2. The van der Waals surface area contributed by atoms with Gasteiger partial charge in [0.1, 0.15) is 12.2 Å². The Kier molecular flexibility index (Phi) is 5.24. The van der Waals surface area contributed by atoms with Gasteiger partial charge in [0.25, 0.3) is 0 Å². The van der Waals surface area contributed by atoms with E-state index in [2.05, 4.69) is 0 Å². The highest BCUT2D eigenvalue weighted by Gasteiger charge is 2.56. The lowest BCUT2D eigenvalue weighted by molar-refractivity contribution is 0.123. The molecule has 0 radical (unpaired) electrons. The molecule has 1 aliphatic rings. The highest BCUT2D eigenvalue weighted by molar-refractivity contribution is 8.07. The van der Waals surface area contributed by atoms with E-state index in [-0.39, 0.29) is 11.5 Å². The van der Waals surface area contributed by atoms with E-state index >= 15 is 0 Å². The van der Waals surface area contributed by atoms with Crippen molar-refractivity contribution < 1.29 is 18.6 Å². The monoisotopic (exact) mass is 278 g/mol. The third kappa shape index (κ3) is 2.45. The maximum absolute atomic E-state index is 12.1. The predicted molar refractivity (Wildman–Crippen MR) is 70.4 cm³/mol. The summed E-state index contributed by atoms with van der Waals surface area (Å²) in [6.07, 6.45) is 3.69. The molecule has 1 unspecified atom stereocenters. The second-order valence-electron chi connectivity index (χ2n) is 3.76. The van der Waals surface area contributed by atoms with Gasteiger partial charge in [-0.2, -0.15) is 0 Å². The van der Waals surface area contributed by atoms with Crippen LogP contribution in [0.3, 0.4) is 0 Å². The fourth-order valence-corrected chi connectivity index (χ4v) is 6.49. The van der Waals surface area contributed by atoms with Gasteiger partial charge < -0.3 is 10.2 Å². The normalized spacial score (nSPS) is 32.2. The maximum atomic E-state index is 12.1. The molecule has 0 aromatic carbocycles. The van der Waals surface area contributed by atoms with Crippen molar-refractivity contribution in [3.05, 3.63) is 24.3 Å². The predicted octanol–water partition coefficient (Wildman–Crippen LogP) is 0.0677. The molecule has 0 bridgehead atoms. The SMILES string of the molecule is C/C=C/C(O)C1([C@H](O)/C=C/C)[S@@](=O)CC[S@@]1=O. The van der Waals surface area contributed by atoms with Gasteiger partial charge in [0, 0.05) is 33.1 Å². The van der Waals surface area contributed by atoms with Gasteiger partial charge in [-0.05, 0) is 13.8 Å². The molecule has 0 aromatic heterocycles. The second-order valence-corrected chi connectivity index (χ2v) is 7.57. The maximum Gasteiger partial charge on any atom is 0.179 e. The zero-order chi connectivity index (χ0) is 13.1. The lowest BCUT2D eigenvalue weighted by atomic mass is 10.1. The minimum atomic E-state index is -1.52. The molecule has 1 saturated heterocycles. The van der Waals surface area contributed by atoms with Crippen LogP contribution in [0.1, 0.15) is 13.8 Å². The Morgan fingerprint density at radius 2 is 1.35 bits per heavy atom. The van der Waals surface area contributed by atoms with E-state index in [0.717, 1.165) is 0 Å². The number of rotatable bonds is 4. The van der Waals surface area contributed by atoms with Gasteiger partial charge in [-0.15, -0.1) is 0 Å². The quantitative estimate of drug-likeness (QED) is 0.714. The number of hydrogen-bond acceptors (Lipinski definition) is 4. The Hall–Kier alpha value is -0.300. The molecule has 6 heteroatoms. The summed E-state index contributed by atoms with van der Waals surface area (Å²) in [7, 11) is -3.03. The van der Waals surface area contributed by atoms with Gasteiger partial charge in [0.2, 0.25) is 0 Å². The van der Waals surface area contributed by atoms with Gasteiger partial charge in [0.05, 0.1) is 0 Å². The Morgan fingerprint density at radius 3 is 1.65 bits per heavy atom. The first-order valence-electron chi connectivity index (χ1n) is 5.40. The average Bonchev–Trinajstić information content (AvgIpc) is 2.56. The minimum absolute atomic E-state index is 0.246. The first-order chi connectivity index (χ1) is 8.01. The lowest BCUT2D eigenvalue weighted by Crippen LogP contribution is -2.54. The first kappa shape index (κ1) is 14.8. The van der Waals surface area contributed by atoms with Crippen LogP contribution >= 0.6 is 0 Å².